The Morgan fingerprint density at radius 2 is 1.00 bits per heavy atom. The number of halogens is 1. The van der Waals surface area contributed by atoms with Gasteiger partial charge in [-0.1, -0.05) is 107 Å². The molecule has 0 heterocycles. The summed E-state index contributed by atoms with van der Waals surface area (Å²) in [5, 5.41) is 0. The average molecular weight is 319 g/mol. The third-order valence-electron chi connectivity index (χ3n) is 3.81. The molecule has 0 aromatic rings. The van der Waals surface area contributed by atoms with Gasteiger partial charge in [-0.15, -0.1) is 0 Å². The van der Waals surface area contributed by atoms with Crippen molar-refractivity contribution >= 4 is 15.9 Å². The minimum Gasteiger partial charge on any atom is -0.0891 e. The van der Waals surface area contributed by atoms with Gasteiger partial charge in [0.1, 0.15) is 0 Å². The molecule has 0 rings (SSSR count). The van der Waals surface area contributed by atoms with Crippen molar-refractivity contribution in [2.24, 2.45) is 0 Å². The number of hydrogen-bond donors (Lipinski definition) is 0. The lowest BCUT2D eigenvalue weighted by atomic mass is 10.0. The zero-order valence-electron chi connectivity index (χ0n) is 12.9. The molecule has 0 spiro atoms. The molecule has 0 nitrogen and oxygen atoms in total. The van der Waals surface area contributed by atoms with Gasteiger partial charge in [0.2, 0.25) is 0 Å². The zero-order valence-corrected chi connectivity index (χ0v) is 14.4. The molecule has 18 heavy (non-hydrogen) atoms. The first kappa shape index (κ1) is 18.5. The molecule has 0 bridgehead atoms. The van der Waals surface area contributed by atoms with E-state index in [1.807, 2.05) is 0 Å². The van der Waals surface area contributed by atoms with Crippen molar-refractivity contribution < 1.29 is 0 Å². The first-order valence-electron chi connectivity index (χ1n) is 8.45. The first-order valence-corrected chi connectivity index (χ1v) is 9.36. The van der Waals surface area contributed by atoms with E-state index in [-0.39, 0.29) is 0 Å². The number of alkyl halides is 1. The summed E-state index contributed by atoms with van der Waals surface area (Å²) in [6, 6.07) is 0. The lowest BCUT2D eigenvalue weighted by Crippen LogP contribution is -1.94. The summed E-state index contributed by atoms with van der Waals surface area (Å²) < 4.78 is 0. The summed E-state index contributed by atoms with van der Waals surface area (Å²) in [4.78, 5) is 0.764. The van der Waals surface area contributed by atoms with E-state index in [1.54, 1.807) is 0 Å². The Balaban J connectivity index is 2.94. The molecule has 0 amide bonds. The normalized spacial score (nSPS) is 12.8. The maximum Gasteiger partial charge on any atom is 0.0143 e. The van der Waals surface area contributed by atoms with Crippen LogP contribution in [-0.2, 0) is 0 Å². The minimum absolute atomic E-state index is 0.764. The Hall–Kier alpha value is 0.480. The molecule has 0 saturated carbocycles. The van der Waals surface area contributed by atoms with Gasteiger partial charge in [-0.05, 0) is 12.8 Å². The first-order chi connectivity index (χ1) is 8.81. The van der Waals surface area contributed by atoms with Gasteiger partial charge in [0.15, 0.2) is 0 Å². The van der Waals surface area contributed by atoms with Gasteiger partial charge in [0.05, 0.1) is 0 Å². The van der Waals surface area contributed by atoms with Crippen molar-refractivity contribution in [2.75, 3.05) is 0 Å². The van der Waals surface area contributed by atoms with E-state index in [0.29, 0.717) is 0 Å². The van der Waals surface area contributed by atoms with Crippen LogP contribution in [0, 0.1) is 0 Å². The van der Waals surface area contributed by atoms with E-state index in [4.69, 9.17) is 0 Å². The summed E-state index contributed by atoms with van der Waals surface area (Å²) in [5.74, 6) is 0. The third-order valence-corrected chi connectivity index (χ3v) is 4.92. The summed E-state index contributed by atoms with van der Waals surface area (Å²) in [6.07, 6.45) is 20.1. The fraction of sp³-hybridized carbons (Fsp3) is 1.00. The molecule has 0 N–H and O–H groups in total. The fourth-order valence-corrected chi connectivity index (χ4v) is 2.73. The van der Waals surface area contributed by atoms with E-state index in [9.17, 15) is 0 Å². The SMILES string of the molecule is CCCCCCCCCCCCCCC(Br)CC. The predicted molar refractivity (Wildman–Crippen MR) is 88.7 cm³/mol. The minimum atomic E-state index is 0.764. The van der Waals surface area contributed by atoms with E-state index in [1.165, 1.54) is 89.9 Å². The summed E-state index contributed by atoms with van der Waals surface area (Å²) in [7, 11) is 0. The number of rotatable bonds is 14. The Labute approximate surface area is 124 Å². The molecule has 0 aliphatic carbocycles. The lowest BCUT2D eigenvalue weighted by molar-refractivity contribution is 0.537. The van der Waals surface area contributed by atoms with Gasteiger partial charge in [0, 0.05) is 4.83 Å². The van der Waals surface area contributed by atoms with Crippen LogP contribution in [0.25, 0.3) is 0 Å². The zero-order chi connectivity index (χ0) is 13.5. The third kappa shape index (κ3) is 14.5. The van der Waals surface area contributed by atoms with Gasteiger partial charge < -0.3 is 0 Å². The Bertz CT molecular complexity index is 145. The van der Waals surface area contributed by atoms with Gasteiger partial charge in [-0.2, -0.15) is 0 Å². The molecule has 1 atom stereocenters. The van der Waals surface area contributed by atoms with Crippen LogP contribution in [0.5, 0.6) is 0 Å². The van der Waals surface area contributed by atoms with E-state index in [2.05, 4.69) is 29.8 Å². The monoisotopic (exact) mass is 318 g/mol. The van der Waals surface area contributed by atoms with Crippen molar-refractivity contribution in [1.29, 1.82) is 0 Å². The maximum atomic E-state index is 3.71. The van der Waals surface area contributed by atoms with Crippen molar-refractivity contribution in [1.82, 2.24) is 0 Å². The van der Waals surface area contributed by atoms with Crippen LogP contribution in [-0.4, -0.2) is 4.83 Å². The lowest BCUT2D eigenvalue weighted by Gasteiger charge is -2.06. The van der Waals surface area contributed by atoms with Crippen LogP contribution in [0.1, 0.15) is 104 Å². The molecule has 0 aliphatic rings. The quantitative estimate of drug-likeness (QED) is 0.233. The highest BCUT2D eigenvalue weighted by atomic mass is 79.9. The van der Waals surface area contributed by atoms with Crippen LogP contribution in [0.3, 0.4) is 0 Å². The molecule has 1 heteroatoms. The Kier molecular flexibility index (Phi) is 16.0. The summed E-state index contributed by atoms with van der Waals surface area (Å²) in [5.41, 5.74) is 0. The maximum absolute atomic E-state index is 3.71. The van der Waals surface area contributed by atoms with Crippen molar-refractivity contribution in [3.8, 4) is 0 Å². The highest BCUT2D eigenvalue weighted by Gasteiger charge is 1.99. The van der Waals surface area contributed by atoms with Crippen molar-refractivity contribution in [2.45, 2.75) is 109 Å². The second-order valence-corrected chi connectivity index (χ2v) is 6.98. The van der Waals surface area contributed by atoms with Crippen molar-refractivity contribution in [3.05, 3.63) is 0 Å². The van der Waals surface area contributed by atoms with Gasteiger partial charge in [0.25, 0.3) is 0 Å². The molecule has 0 radical (unpaired) electrons. The molecule has 0 fully saturated rings. The summed E-state index contributed by atoms with van der Waals surface area (Å²) in [6.45, 7) is 4.55. The highest BCUT2D eigenvalue weighted by Crippen LogP contribution is 2.16. The average Bonchev–Trinajstić information content (AvgIpc) is 2.39. The van der Waals surface area contributed by atoms with Crippen LogP contribution < -0.4 is 0 Å². The van der Waals surface area contributed by atoms with Crippen molar-refractivity contribution in [3.63, 3.8) is 0 Å². The molecule has 0 aromatic heterocycles. The molecule has 110 valence electrons. The Morgan fingerprint density at radius 3 is 1.39 bits per heavy atom. The number of hydrogen-bond acceptors (Lipinski definition) is 0. The molecular formula is C17H35Br. The topological polar surface area (TPSA) is 0 Å². The van der Waals surface area contributed by atoms with Gasteiger partial charge in [-0.25, -0.2) is 0 Å². The van der Waals surface area contributed by atoms with E-state index in [0.717, 1.165) is 4.83 Å². The molecule has 1 unspecified atom stereocenters. The molecular weight excluding hydrogens is 284 g/mol. The van der Waals surface area contributed by atoms with Gasteiger partial charge in [-0.3, -0.25) is 0 Å². The summed E-state index contributed by atoms with van der Waals surface area (Å²) >= 11 is 3.71. The van der Waals surface area contributed by atoms with Crippen LogP contribution in [0.4, 0.5) is 0 Å². The van der Waals surface area contributed by atoms with Gasteiger partial charge >= 0.3 is 0 Å². The largest absolute Gasteiger partial charge is 0.0891 e. The van der Waals surface area contributed by atoms with Crippen LogP contribution >= 0.6 is 15.9 Å². The molecule has 0 aromatic carbocycles. The van der Waals surface area contributed by atoms with E-state index < -0.39 is 0 Å². The standard InChI is InChI=1S/C17H35Br/c1-3-5-6-7-8-9-10-11-12-13-14-15-16-17(18)4-2/h17H,3-16H2,1-2H3. The highest BCUT2D eigenvalue weighted by molar-refractivity contribution is 9.09. The predicted octanol–water partition coefficient (Wildman–Crippen LogP) is 7.25. The number of unbranched alkanes of at least 4 members (excludes halogenated alkanes) is 11. The van der Waals surface area contributed by atoms with E-state index >= 15 is 0 Å². The fourth-order valence-electron chi connectivity index (χ4n) is 2.41. The van der Waals surface area contributed by atoms with Crippen LogP contribution in [0.15, 0.2) is 0 Å². The Morgan fingerprint density at radius 1 is 0.611 bits per heavy atom. The second kappa shape index (κ2) is 15.5. The molecule has 0 aliphatic heterocycles. The molecule has 0 saturated heterocycles. The second-order valence-electron chi connectivity index (χ2n) is 5.68. The van der Waals surface area contributed by atoms with Crippen LogP contribution in [0.2, 0.25) is 0 Å². The smallest absolute Gasteiger partial charge is 0.0143 e.